The molecule has 0 amide bonds. The maximum absolute atomic E-state index is 15.1. The van der Waals surface area contributed by atoms with Gasteiger partial charge < -0.3 is 10.5 Å². The van der Waals surface area contributed by atoms with Crippen LogP contribution in [-0.2, 0) is 13.0 Å². The number of nitrogens with zero attached hydrogens (tertiary/aromatic N) is 3. The molecule has 1 unspecified atom stereocenters. The van der Waals surface area contributed by atoms with E-state index in [0.29, 0.717) is 5.56 Å². The molecule has 35 heavy (non-hydrogen) atoms. The number of nitrogens with two attached hydrogens (primary N) is 1. The highest BCUT2D eigenvalue weighted by atomic mass is 35.5. The number of hydrogen-bond acceptors (Lipinski definition) is 5. The van der Waals surface area contributed by atoms with Crippen LogP contribution in [0.3, 0.4) is 0 Å². The zero-order valence-electron chi connectivity index (χ0n) is 18.6. The molecule has 0 saturated heterocycles. The van der Waals surface area contributed by atoms with Crippen molar-refractivity contribution >= 4 is 11.6 Å². The second kappa shape index (κ2) is 10.2. The molecule has 0 aliphatic rings. The van der Waals surface area contributed by atoms with Crippen LogP contribution in [0.25, 0.3) is 5.69 Å². The summed E-state index contributed by atoms with van der Waals surface area (Å²) < 4.78 is 36.2. The Balaban J connectivity index is 1.91. The smallest absolute Gasteiger partial charge is 0.352 e. The Hall–Kier alpha value is -3.82. The highest BCUT2D eigenvalue weighted by Gasteiger charge is 2.22. The van der Waals surface area contributed by atoms with E-state index >= 15 is 4.39 Å². The van der Waals surface area contributed by atoms with E-state index < -0.39 is 28.9 Å². The molecule has 0 fully saturated rings. The fraction of sp³-hybridized carbons (Fsp3) is 0.160. The minimum atomic E-state index is -0.906. The van der Waals surface area contributed by atoms with Crippen LogP contribution in [0.1, 0.15) is 22.9 Å². The molecule has 4 aromatic rings. The van der Waals surface area contributed by atoms with E-state index in [2.05, 4.69) is 5.10 Å². The van der Waals surface area contributed by atoms with Gasteiger partial charge in [-0.05, 0) is 29.8 Å². The number of ether oxygens (including phenoxy) is 1. The van der Waals surface area contributed by atoms with Gasteiger partial charge in [-0.15, -0.1) is 0 Å². The molecule has 180 valence electrons. The zero-order valence-corrected chi connectivity index (χ0v) is 19.4. The van der Waals surface area contributed by atoms with Crippen molar-refractivity contribution < 1.29 is 13.5 Å². The molecule has 0 aliphatic carbocycles. The van der Waals surface area contributed by atoms with Crippen LogP contribution < -0.4 is 21.7 Å². The van der Waals surface area contributed by atoms with Crippen LogP contribution in [0.4, 0.5) is 8.78 Å². The fourth-order valence-electron chi connectivity index (χ4n) is 3.68. The monoisotopic (exact) mass is 498 g/mol. The maximum atomic E-state index is 15.1. The SMILES string of the molecule is COc1cccc(-n2nc(Cc3c(F)cccc3Cl)c(=O)n(CC(N)c3ccccc3)c2=O)c1F. The summed E-state index contributed by atoms with van der Waals surface area (Å²) in [6.45, 7) is -0.214. The second-order valence-corrected chi connectivity index (χ2v) is 8.15. The number of rotatable bonds is 7. The van der Waals surface area contributed by atoms with E-state index in [0.717, 1.165) is 9.25 Å². The van der Waals surface area contributed by atoms with Crippen molar-refractivity contribution in [3.05, 3.63) is 121 Å². The van der Waals surface area contributed by atoms with Crippen molar-refractivity contribution in [1.29, 1.82) is 0 Å². The second-order valence-electron chi connectivity index (χ2n) is 7.74. The van der Waals surface area contributed by atoms with Crippen LogP contribution in [0.2, 0.25) is 5.02 Å². The van der Waals surface area contributed by atoms with E-state index in [-0.39, 0.29) is 40.7 Å². The van der Waals surface area contributed by atoms with E-state index in [9.17, 15) is 14.0 Å². The minimum absolute atomic E-state index is 0.0222. The first-order valence-corrected chi connectivity index (χ1v) is 11.0. The summed E-state index contributed by atoms with van der Waals surface area (Å²) in [4.78, 5) is 26.7. The number of benzene rings is 3. The Bertz CT molecular complexity index is 1470. The van der Waals surface area contributed by atoms with E-state index in [1.165, 1.54) is 43.5 Å². The lowest BCUT2D eigenvalue weighted by Gasteiger charge is -2.17. The number of aromatic nitrogens is 3. The Morgan fingerprint density at radius 3 is 2.43 bits per heavy atom. The Morgan fingerprint density at radius 1 is 1.03 bits per heavy atom. The molecule has 2 N–H and O–H groups in total. The molecule has 0 bridgehead atoms. The first-order valence-electron chi connectivity index (χ1n) is 10.6. The molecule has 4 rings (SSSR count). The van der Waals surface area contributed by atoms with Gasteiger partial charge in [0.15, 0.2) is 11.6 Å². The van der Waals surface area contributed by atoms with Gasteiger partial charge in [-0.1, -0.05) is 54.1 Å². The zero-order chi connectivity index (χ0) is 25.1. The average molecular weight is 499 g/mol. The highest BCUT2D eigenvalue weighted by Crippen LogP contribution is 2.23. The lowest BCUT2D eigenvalue weighted by molar-refractivity contribution is 0.384. The van der Waals surface area contributed by atoms with Gasteiger partial charge in [0, 0.05) is 23.0 Å². The molecule has 1 aromatic heterocycles. The first kappa shape index (κ1) is 24.3. The van der Waals surface area contributed by atoms with Crippen molar-refractivity contribution in [2.45, 2.75) is 19.0 Å². The maximum Gasteiger partial charge on any atom is 0.352 e. The number of hydrogen-bond donors (Lipinski definition) is 1. The minimum Gasteiger partial charge on any atom is -0.494 e. The van der Waals surface area contributed by atoms with Crippen LogP contribution in [0.15, 0.2) is 76.3 Å². The van der Waals surface area contributed by atoms with Crippen molar-refractivity contribution in [3.63, 3.8) is 0 Å². The lowest BCUT2D eigenvalue weighted by atomic mass is 10.1. The van der Waals surface area contributed by atoms with E-state index in [1.54, 1.807) is 24.3 Å². The normalized spacial score (nSPS) is 11.9. The van der Waals surface area contributed by atoms with Crippen molar-refractivity contribution in [1.82, 2.24) is 14.3 Å². The van der Waals surface area contributed by atoms with E-state index in [4.69, 9.17) is 22.1 Å². The lowest BCUT2D eigenvalue weighted by Crippen LogP contribution is -2.45. The standard InChI is InChI=1S/C25H21ClF2N4O3/c1-35-22-12-6-11-21(23(22)28)32-25(34)31(14-19(29)15-7-3-2-4-8-15)24(33)20(30-32)13-16-17(26)9-5-10-18(16)27/h2-12,19H,13-14,29H2,1H3. The van der Waals surface area contributed by atoms with Gasteiger partial charge in [-0.3, -0.25) is 9.36 Å². The van der Waals surface area contributed by atoms with E-state index in [1.807, 2.05) is 6.07 Å². The molecule has 10 heteroatoms. The van der Waals surface area contributed by atoms with Crippen LogP contribution in [0, 0.1) is 11.6 Å². The third-order valence-electron chi connectivity index (χ3n) is 5.53. The predicted molar refractivity (Wildman–Crippen MR) is 128 cm³/mol. The van der Waals surface area contributed by atoms with Gasteiger partial charge in [0.2, 0.25) is 0 Å². The molecule has 0 aliphatic heterocycles. The van der Waals surface area contributed by atoms with Crippen LogP contribution in [0.5, 0.6) is 5.75 Å². The molecule has 1 atom stereocenters. The molecule has 0 spiro atoms. The molecule has 3 aromatic carbocycles. The van der Waals surface area contributed by atoms with Crippen molar-refractivity contribution in [2.24, 2.45) is 5.73 Å². The first-order chi connectivity index (χ1) is 16.8. The fourth-order valence-corrected chi connectivity index (χ4v) is 3.91. The Morgan fingerprint density at radius 2 is 1.74 bits per heavy atom. The van der Waals surface area contributed by atoms with Gasteiger partial charge in [0.25, 0.3) is 5.56 Å². The van der Waals surface area contributed by atoms with Crippen LogP contribution >= 0.6 is 11.6 Å². The molecule has 0 saturated carbocycles. The van der Waals surface area contributed by atoms with Gasteiger partial charge in [0.1, 0.15) is 17.2 Å². The average Bonchev–Trinajstić information content (AvgIpc) is 2.86. The molecule has 1 heterocycles. The third kappa shape index (κ3) is 4.87. The van der Waals surface area contributed by atoms with Gasteiger partial charge >= 0.3 is 5.69 Å². The van der Waals surface area contributed by atoms with Crippen molar-refractivity contribution in [3.8, 4) is 11.4 Å². The van der Waals surface area contributed by atoms with Gasteiger partial charge in [-0.25, -0.2) is 13.6 Å². The van der Waals surface area contributed by atoms with Crippen molar-refractivity contribution in [2.75, 3.05) is 7.11 Å². The summed E-state index contributed by atoms with van der Waals surface area (Å²) in [5.74, 6) is -1.61. The number of halogens is 3. The van der Waals surface area contributed by atoms with Gasteiger partial charge in [0.05, 0.1) is 13.7 Å². The highest BCUT2D eigenvalue weighted by molar-refractivity contribution is 6.31. The molecular formula is C25H21ClF2N4O3. The molecule has 0 radical (unpaired) electrons. The summed E-state index contributed by atoms with van der Waals surface area (Å²) in [5, 5.41) is 4.19. The summed E-state index contributed by atoms with van der Waals surface area (Å²) in [5.41, 5.74) is 4.86. The van der Waals surface area contributed by atoms with Crippen LogP contribution in [-0.4, -0.2) is 21.5 Å². The Labute approximate surface area is 204 Å². The third-order valence-corrected chi connectivity index (χ3v) is 5.88. The topological polar surface area (TPSA) is 92.1 Å². The predicted octanol–water partition coefficient (Wildman–Crippen LogP) is 3.63. The largest absolute Gasteiger partial charge is 0.494 e. The quantitative estimate of drug-likeness (QED) is 0.420. The van der Waals surface area contributed by atoms with Gasteiger partial charge in [-0.2, -0.15) is 9.78 Å². The Kier molecular flexibility index (Phi) is 7.09. The summed E-state index contributed by atoms with van der Waals surface area (Å²) in [6.07, 6.45) is -0.323. The molecule has 7 nitrogen and oxygen atoms in total. The summed E-state index contributed by atoms with van der Waals surface area (Å²) in [7, 11) is 1.28. The summed E-state index contributed by atoms with van der Waals surface area (Å²) in [6, 6.07) is 16.4. The summed E-state index contributed by atoms with van der Waals surface area (Å²) >= 11 is 6.15. The number of methoxy groups -OCH3 is 1. The molecular weight excluding hydrogens is 478 g/mol.